The first kappa shape index (κ1) is 12.6. The maximum atomic E-state index is 11.3. The van der Waals surface area contributed by atoms with Gasteiger partial charge in [-0.3, -0.25) is 4.79 Å². The summed E-state index contributed by atoms with van der Waals surface area (Å²) in [6.45, 7) is 4.58. The van der Waals surface area contributed by atoms with Crippen LogP contribution in [0.4, 0.5) is 0 Å². The average molecular weight is 221 g/mol. The van der Waals surface area contributed by atoms with Crippen LogP contribution in [0.5, 0.6) is 5.75 Å². The maximum Gasteiger partial charge on any atom is 0.220 e. The van der Waals surface area contributed by atoms with Crippen LogP contribution in [0.3, 0.4) is 0 Å². The van der Waals surface area contributed by atoms with Gasteiger partial charge in [-0.2, -0.15) is 0 Å². The zero-order chi connectivity index (χ0) is 12.0. The van der Waals surface area contributed by atoms with Gasteiger partial charge in [0.25, 0.3) is 0 Å². The van der Waals surface area contributed by atoms with Crippen LogP contribution in [0, 0.1) is 6.92 Å². The van der Waals surface area contributed by atoms with Crippen molar-refractivity contribution in [3.8, 4) is 5.75 Å². The molecule has 0 saturated carbocycles. The molecule has 0 aliphatic rings. The third-order valence-electron chi connectivity index (χ3n) is 2.43. The standard InChI is InChI=1S/C13H19NO2/c1-4-5-13(15)14-9-11-6-7-12(16-3)10(2)8-11/h6-8H,4-5,9H2,1-3H3,(H,14,15). The summed E-state index contributed by atoms with van der Waals surface area (Å²) < 4.78 is 5.18. The van der Waals surface area contributed by atoms with Gasteiger partial charge in [-0.25, -0.2) is 0 Å². The van der Waals surface area contributed by atoms with Gasteiger partial charge in [0, 0.05) is 13.0 Å². The molecule has 0 aromatic heterocycles. The predicted molar refractivity (Wildman–Crippen MR) is 64.5 cm³/mol. The molecule has 0 saturated heterocycles. The van der Waals surface area contributed by atoms with Gasteiger partial charge >= 0.3 is 0 Å². The van der Waals surface area contributed by atoms with Crippen molar-refractivity contribution in [2.75, 3.05) is 7.11 Å². The second kappa shape index (κ2) is 6.16. The van der Waals surface area contributed by atoms with Crippen LogP contribution in [0.1, 0.15) is 30.9 Å². The summed E-state index contributed by atoms with van der Waals surface area (Å²) in [5.41, 5.74) is 2.19. The molecule has 0 unspecified atom stereocenters. The van der Waals surface area contributed by atoms with Crippen LogP contribution in [0.15, 0.2) is 18.2 Å². The Labute approximate surface area is 96.8 Å². The van der Waals surface area contributed by atoms with Crippen molar-refractivity contribution in [3.63, 3.8) is 0 Å². The van der Waals surface area contributed by atoms with E-state index in [1.807, 2.05) is 32.0 Å². The van der Waals surface area contributed by atoms with Gasteiger partial charge in [-0.15, -0.1) is 0 Å². The summed E-state index contributed by atoms with van der Waals surface area (Å²) in [6, 6.07) is 5.93. The average Bonchev–Trinajstić information content (AvgIpc) is 2.27. The van der Waals surface area contributed by atoms with Gasteiger partial charge < -0.3 is 10.1 Å². The van der Waals surface area contributed by atoms with Crippen molar-refractivity contribution >= 4 is 5.91 Å². The molecule has 0 aliphatic carbocycles. The molecular weight excluding hydrogens is 202 g/mol. The van der Waals surface area contributed by atoms with E-state index < -0.39 is 0 Å². The van der Waals surface area contributed by atoms with Crippen LogP contribution in [-0.4, -0.2) is 13.0 Å². The van der Waals surface area contributed by atoms with E-state index in [0.717, 1.165) is 23.3 Å². The Morgan fingerprint density at radius 3 is 2.75 bits per heavy atom. The number of nitrogens with one attached hydrogen (secondary N) is 1. The van der Waals surface area contributed by atoms with Crippen LogP contribution in [0.25, 0.3) is 0 Å². The van der Waals surface area contributed by atoms with E-state index in [0.29, 0.717) is 13.0 Å². The largest absolute Gasteiger partial charge is 0.496 e. The number of ether oxygens (including phenoxy) is 1. The number of hydrogen-bond donors (Lipinski definition) is 1. The number of carbonyl (C=O) groups is 1. The molecule has 1 aromatic carbocycles. The monoisotopic (exact) mass is 221 g/mol. The van der Waals surface area contributed by atoms with Gasteiger partial charge in [0.15, 0.2) is 0 Å². The lowest BCUT2D eigenvalue weighted by atomic mass is 10.1. The minimum Gasteiger partial charge on any atom is -0.496 e. The molecule has 16 heavy (non-hydrogen) atoms. The van der Waals surface area contributed by atoms with Crippen molar-refractivity contribution in [1.29, 1.82) is 0 Å². The summed E-state index contributed by atoms with van der Waals surface area (Å²) >= 11 is 0. The molecule has 3 heteroatoms. The molecule has 0 heterocycles. The highest BCUT2D eigenvalue weighted by atomic mass is 16.5. The Morgan fingerprint density at radius 1 is 1.44 bits per heavy atom. The fourth-order valence-electron chi connectivity index (χ4n) is 1.57. The molecule has 3 nitrogen and oxygen atoms in total. The van der Waals surface area contributed by atoms with Crippen molar-refractivity contribution in [1.82, 2.24) is 5.32 Å². The minimum atomic E-state index is 0.107. The fourth-order valence-corrected chi connectivity index (χ4v) is 1.57. The van der Waals surface area contributed by atoms with E-state index in [2.05, 4.69) is 5.32 Å². The Balaban J connectivity index is 2.55. The lowest BCUT2D eigenvalue weighted by Gasteiger charge is -2.08. The van der Waals surface area contributed by atoms with Crippen LogP contribution in [0.2, 0.25) is 0 Å². The Morgan fingerprint density at radius 2 is 2.19 bits per heavy atom. The second-order valence-corrected chi connectivity index (χ2v) is 3.83. The first-order valence-electron chi connectivity index (χ1n) is 5.57. The summed E-state index contributed by atoms with van der Waals surface area (Å²) in [6.07, 6.45) is 1.47. The topological polar surface area (TPSA) is 38.3 Å². The molecule has 0 radical (unpaired) electrons. The number of hydrogen-bond acceptors (Lipinski definition) is 2. The molecule has 1 N–H and O–H groups in total. The number of carbonyl (C=O) groups excluding carboxylic acids is 1. The van der Waals surface area contributed by atoms with Crippen molar-refractivity contribution in [2.24, 2.45) is 0 Å². The molecule has 0 bridgehead atoms. The number of aryl methyl sites for hydroxylation is 1. The predicted octanol–water partition coefficient (Wildman–Crippen LogP) is 2.42. The fraction of sp³-hybridized carbons (Fsp3) is 0.462. The Kier molecular flexibility index (Phi) is 4.83. The van der Waals surface area contributed by atoms with E-state index in [4.69, 9.17) is 4.74 Å². The van der Waals surface area contributed by atoms with E-state index in [1.165, 1.54) is 0 Å². The van der Waals surface area contributed by atoms with Gasteiger partial charge in [0.2, 0.25) is 5.91 Å². The highest BCUT2D eigenvalue weighted by Crippen LogP contribution is 2.18. The van der Waals surface area contributed by atoms with Crippen molar-refractivity contribution in [3.05, 3.63) is 29.3 Å². The van der Waals surface area contributed by atoms with Crippen LogP contribution in [-0.2, 0) is 11.3 Å². The third kappa shape index (κ3) is 3.57. The van der Waals surface area contributed by atoms with Gasteiger partial charge in [-0.05, 0) is 30.5 Å². The van der Waals surface area contributed by atoms with Crippen molar-refractivity contribution in [2.45, 2.75) is 33.2 Å². The highest BCUT2D eigenvalue weighted by Gasteiger charge is 2.02. The molecule has 1 aromatic rings. The lowest BCUT2D eigenvalue weighted by molar-refractivity contribution is -0.121. The number of benzene rings is 1. The van der Waals surface area contributed by atoms with E-state index in [9.17, 15) is 4.79 Å². The van der Waals surface area contributed by atoms with E-state index in [-0.39, 0.29) is 5.91 Å². The summed E-state index contributed by atoms with van der Waals surface area (Å²) in [7, 11) is 1.66. The zero-order valence-corrected chi connectivity index (χ0v) is 10.2. The SMILES string of the molecule is CCCC(=O)NCc1ccc(OC)c(C)c1. The van der Waals surface area contributed by atoms with Crippen molar-refractivity contribution < 1.29 is 9.53 Å². The summed E-state index contributed by atoms with van der Waals surface area (Å²) in [5, 5.41) is 2.88. The molecule has 0 aliphatic heterocycles. The highest BCUT2D eigenvalue weighted by molar-refractivity contribution is 5.75. The second-order valence-electron chi connectivity index (χ2n) is 3.83. The lowest BCUT2D eigenvalue weighted by Crippen LogP contribution is -2.22. The number of amides is 1. The number of methoxy groups -OCH3 is 1. The quantitative estimate of drug-likeness (QED) is 0.829. The Hall–Kier alpha value is -1.51. The maximum absolute atomic E-state index is 11.3. The molecule has 1 rings (SSSR count). The third-order valence-corrected chi connectivity index (χ3v) is 2.43. The number of rotatable bonds is 5. The molecule has 88 valence electrons. The van der Waals surface area contributed by atoms with E-state index >= 15 is 0 Å². The minimum absolute atomic E-state index is 0.107. The Bertz CT molecular complexity index is 361. The first-order chi connectivity index (χ1) is 7.67. The summed E-state index contributed by atoms with van der Waals surface area (Å²) in [4.78, 5) is 11.3. The van der Waals surface area contributed by atoms with E-state index in [1.54, 1.807) is 7.11 Å². The smallest absolute Gasteiger partial charge is 0.220 e. The van der Waals surface area contributed by atoms with Gasteiger partial charge in [0.05, 0.1) is 7.11 Å². The zero-order valence-electron chi connectivity index (χ0n) is 10.2. The first-order valence-corrected chi connectivity index (χ1v) is 5.57. The molecule has 0 spiro atoms. The van der Waals surface area contributed by atoms with Gasteiger partial charge in [-0.1, -0.05) is 19.1 Å². The molecule has 1 amide bonds. The van der Waals surface area contributed by atoms with Crippen LogP contribution < -0.4 is 10.1 Å². The molecule has 0 fully saturated rings. The molecule has 0 atom stereocenters. The normalized spacial score (nSPS) is 9.94. The summed E-state index contributed by atoms with van der Waals surface area (Å²) in [5.74, 6) is 0.986. The van der Waals surface area contributed by atoms with Crippen LogP contribution >= 0.6 is 0 Å². The van der Waals surface area contributed by atoms with Gasteiger partial charge in [0.1, 0.15) is 5.75 Å². The molecular formula is C13H19NO2.